The van der Waals surface area contributed by atoms with E-state index < -0.39 is 0 Å². The largest absolute Gasteiger partial charge is 0.484 e. The third kappa shape index (κ3) is 4.43. The Morgan fingerprint density at radius 1 is 1.19 bits per heavy atom. The summed E-state index contributed by atoms with van der Waals surface area (Å²) in [5, 5.41) is 2.68. The van der Waals surface area contributed by atoms with Crippen LogP contribution in [0.2, 0.25) is 0 Å². The molecule has 1 atom stereocenters. The van der Waals surface area contributed by atoms with Gasteiger partial charge in [0.1, 0.15) is 5.75 Å². The van der Waals surface area contributed by atoms with Gasteiger partial charge >= 0.3 is 0 Å². The maximum atomic E-state index is 12.5. The Bertz CT molecular complexity index is 998. The van der Waals surface area contributed by atoms with Gasteiger partial charge in [-0.2, -0.15) is 0 Å². The molecule has 0 bridgehead atoms. The van der Waals surface area contributed by atoms with Crippen LogP contribution in [0.15, 0.2) is 55.1 Å². The summed E-state index contributed by atoms with van der Waals surface area (Å²) in [5.74, 6) is 0.435. The third-order valence-electron chi connectivity index (χ3n) is 5.87. The zero-order chi connectivity index (χ0) is 22.8. The smallest absolute Gasteiger partial charge is 0.258 e. The van der Waals surface area contributed by atoms with E-state index in [1.54, 1.807) is 13.0 Å². The number of rotatable bonds is 6. The van der Waals surface area contributed by atoms with Gasteiger partial charge in [0.25, 0.3) is 5.91 Å². The Kier molecular flexibility index (Phi) is 6.11. The van der Waals surface area contributed by atoms with Gasteiger partial charge in [0.05, 0.1) is 0 Å². The van der Waals surface area contributed by atoms with Crippen molar-refractivity contribution < 1.29 is 14.3 Å². The maximum Gasteiger partial charge on any atom is 0.258 e. The van der Waals surface area contributed by atoms with Crippen molar-refractivity contribution in [2.24, 2.45) is 0 Å². The van der Waals surface area contributed by atoms with Crippen LogP contribution in [-0.4, -0.2) is 30.5 Å². The number of carbonyl (C=O) groups excluding carboxylic acids is 2. The van der Waals surface area contributed by atoms with Crippen LogP contribution >= 0.6 is 0 Å². The highest BCUT2D eigenvalue weighted by atomic mass is 16.5. The van der Waals surface area contributed by atoms with E-state index in [2.05, 4.69) is 32.7 Å². The summed E-state index contributed by atoms with van der Waals surface area (Å²) in [5.41, 5.74) is 9.09. The summed E-state index contributed by atoms with van der Waals surface area (Å²) in [7, 11) is 0. The number of anilines is 2. The maximum absolute atomic E-state index is 12.5. The molecule has 2 aromatic rings. The van der Waals surface area contributed by atoms with Crippen LogP contribution in [0.5, 0.6) is 5.75 Å². The van der Waals surface area contributed by atoms with E-state index in [0.29, 0.717) is 18.0 Å². The summed E-state index contributed by atoms with van der Waals surface area (Å²) >= 11 is 0. The Labute approximate surface area is 184 Å². The molecule has 0 spiro atoms. The molecule has 3 rings (SSSR count). The highest BCUT2D eigenvalue weighted by molar-refractivity contribution is 5.95. The van der Waals surface area contributed by atoms with E-state index in [1.165, 1.54) is 0 Å². The number of nitrogen functional groups attached to an aromatic ring is 1. The Morgan fingerprint density at radius 2 is 1.87 bits per heavy atom. The first-order chi connectivity index (χ1) is 14.6. The highest BCUT2D eigenvalue weighted by Gasteiger charge is 2.47. The van der Waals surface area contributed by atoms with Crippen molar-refractivity contribution in [2.75, 3.05) is 23.8 Å². The number of nitrogens with one attached hydrogen (secondary N) is 1. The molecule has 6 nitrogen and oxygen atoms in total. The van der Waals surface area contributed by atoms with Crippen molar-refractivity contribution in [3.05, 3.63) is 66.2 Å². The van der Waals surface area contributed by atoms with E-state index in [4.69, 9.17) is 10.5 Å². The number of fused-ring (bicyclic) bond motifs is 1. The average Bonchev–Trinajstić information content (AvgIpc) is 2.70. The lowest BCUT2D eigenvalue weighted by Crippen LogP contribution is -2.55. The number of carbonyl (C=O) groups is 2. The van der Waals surface area contributed by atoms with Gasteiger partial charge in [0.15, 0.2) is 6.61 Å². The number of nitrogens with zero attached hydrogens (tertiary/aromatic N) is 1. The van der Waals surface area contributed by atoms with Gasteiger partial charge in [-0.3, -0.25) is 9.59 Å². The van der Waals surface area contributed by atoms with Crippen molar-refractivity contribution in [3.63, 3.8) is 0 Å². The fraction of sp³-hybridized carbons (Fsp3) is 0.360. The molecule has 1 aliphatic heterocycles. The van der Waals surface area contributed by atoms with E-state index >= 15 is 0 Å². The minimum absolute atomic E-state index is 0.0107. The van der Waals surface area contributed by atoms with E-state index in [-0.39, 0.29) is 29.4 Å². The Balaban J connectivity index is 1.93. The molecule has 1 aliphatic rings. The van der Waals surface area contributed by atoms with Crippen LogP contribution in [-0.2, 0) is 15.0 Å². The first-order valence-corrected chi connectivity index (χ1v) is 10.4. The quantitative estimate of drug-likeness (QED) is 0.549. The van der Waals surface area contributed by atoms with Gasteiger partial charge < -0.3 is 20.7 Å². The Hall–Kier alpha value is -3.28. The minimum Gasteiger partial charge on any atom is -0.484 e. The molecule has 1 heterocycles. The van der Waals surface area contributed by atoms with E-state index in [1.807, 2.05) is 47.4 Å². The van der Waals surface area contributed by atoms with E-state index in [9.17, 15) is 9.59 Å². The van der Waals surface area contributed by atoms with Crippen LogP contribution in [0.1, 0.15) is 45.2 Å². The van der Waals surface area contributed by atoms with Crippen LogP contribution in [0.4, 0.5) is 11.4 Å². The molecule has 0 radical (unpaired) electrons. The van der Waals surface area contributed by atoms with Gasteiger partial charge in [-0.1, -0.05) is 25.1 Å². The normalized spacial score (nSPS) is 19.3. The molecule has 0 aliphatic carbocycles. The molecule has 1 unspecified atom stereocenters. The van der Waals surface area contributed by atoms with Crippen LogP contribution < -0.4 is 20.7 Å². The summed E-state index contributed by atoms with van der Waals surface area (Å²) in [4.78, 5) is 26.1. The SMILES string of the molecule is C=CCNC(=O)COc1ccc(C2(C)CC(C)(C)N(C(C)=O)c3ccc(N)cc32)cc1. The molecule has 0 fully saturated rings. The van der Waals surface area contributed by atoms with Crippen molar-refractivity contribution in [1.82, 2.24) is 5.32 Å². The molecule has 0 aromatic heterocycles. The van der Waals surface area contributed by atoms with Crippen molar-refractivity contribution in [3.8, 4) is 5.75 Å². The van der Waals surface area contributed by atoms with E-state index in [0.717, 1.165) is 23.2 Å². The molecule has 31 heavy (non-hydrogen) atoms. The summed E-state index contributed by atoms with van der Waals surface area (Å²) in [6.45, 7) is 11.9. The number of ether oxygens (including phenoxy) is 1. The van der Waals surface area contributed by atoms with Gasteiger partial charge in [-0.25, -0.2) is 0 Å². The predicted octanol–water partition coefficient (Wildman–Crippen LogP) is 3.79. The van der Waals surface area contributed by atoms with Gasteiger partial charge in [-0.05, 0) is 61.7 Å². The first kappa shape index (κ1) is 22.4. The predicted molar refractivity (Wildman–Crippen MR) is 124 cm³/mol. The lowest BCUT2D eigenvalue weighted by molar-refractivity contribution is -0.123. The van der Waals surface area contributed by atoms with Crippen molar-refractivity contribution in [2.45, 2.75) is 45.1 Å². The first-order valence-electron chi connectivity index (χ1n) is 10.4. The molecule has 0 saturated heterocycles. The second-order valence-electron chi connectivity index (χ2n) is 8.86. The zero-order valence-electron chi connectivity index (χ0n) is 18.7. The number of benzene rings is 2. The summed E-state index contributed by atoms with van der Waals surface area (Å²) in [6, 6.07) is 13.5. The molecule has 2 amide bonds. The van der Waals surface area contributed by atoms with Crippen molar-refractivity contribution >= 4 is 23.2 Å². The summed E-state index contributed by atoms with van der Waals surface area (Å²) < 4.78 is 5.60. The molecule has 3 N–H and O–H groups in total. The summed E-state index contributed by atoms with van der Waals surface area (Å²) in [6.07, 6.45) is 2.36. The molecule has 164 valence electrons. The minimum atomic E-state index is -0.373. The van der Waals surface area contributed by atoms with Gasteiger partial charge in [0, 0.05) is 35.8 Å². The standard InChI is InChI=1S/C25H31N3O3/c1-6-13-27-23(30)15-31-20-10-7-18(8-11-20)25(5)16-24(3,4)28(17(2)29)22-12-9-19(26)14-21(22)25/h6-12,14H,1,13,15-16,26H2,2-5H3,(H,27,30). The fourth-order valence-corrected chi connectivity index (χ4v) is 4.71. The fourth-order valence-electron chi connectivity index (χ4n) is 4.71. The number of hydrogen-bond acceptors (Lipinski definition) is 4. The third-order valence-corrected chi connectivity index (χ3v) is 5.87. The molecule has 6 heteroatoms. The second kappa shape index (κ2) is 8.46. The number of amides is 2. The average molecular weight is 422 g/mol. The monoisotopic (exact) mass is 421 g/mol. The lowest BCUT2D eigenvalue weighted by atomic mass is 9.65. The molecule has 2 aromatic carbocycles. The van der Waals surface area contributed by atoms with Crippen LogP contribution in [0.25, 0.3) is 0 Å². The Morgan fingerprint density at radius 3 is 2.48 bits per heavy atom. The zero-order valence-corrected chi connectivity index (χ0v) is 18.7. The number of hydrogen-bond donors (Lipinski definition) is 2. The van der Waals surface area contributed by atoms with Gasteiger partial charge in [0.2, 0.25) is 5.91 Å². The second-order valence-corrected chi connectivity index (χ2v) is 8.86. The van der Waals surface area contributed by atoms with Gasteiger partial charge in [-0.15, -0.1) is 6.58 Å². The van der Waals surface area contributed by atoms with Crippen LogP contribution in [0.3, 0.4) is 0 Å². The molecular weight excluding hydrogens is 390 g/mol. The van der Waals surface area contributed by atoms with Crippen molar-refractivity contribution in [1.29, 1.82) is 0 Å². The topological polar surface area (TPSA) is 84.7 Å². The highest BCUT2D eigenvalue weighted by Crippen LogP contribution is 2.51. The molecular formula is C25H31N3O3. The number of nitrogens with two attached hydrogens (primary N) is 1. The van der Waals surface area contributed by atoms with Crippen LogP contribution in [0, 0.1) is 0 Å². The molecule has 0 saturated carbocycles. The lowest BCUT2D eigenvalue weighted by Gasteiger charge is -2.51.